The van der Waals surface area contributed by atoms with Crippen molar-refractivity contribution < 1.29 is 4.79 Å². The van der Waals surface area contributed by atoms with Crippen molar-refractivity contribution in [2.45, 2.75) is 39.2 Å². The van der Waals surface area contributed by atoms with Gasteiger partial charge in [-0.2, -0.15) is 0 Å². The third kappa shape index (κ3) is 3.22. The zero-order valence-electron chi connectivity index (χ0n) is 11.8. The van der Waals surface area contributed by atoms with Crippen LogP contribution in [0.4, 0.5) is 5.82 Å². The van der Waals surface area contributed by atoms with E-state index < -0.39 is 0 Å². The summed E-state index contributed by atoms with van der Waals surface area (Å²) in [6, 6.07) is 0.252. The minimum atomic E-state index is -0.124. The van der Waals surface area contributed by atoms with Crippen LogP contribution in [-0.2, 0) is 0 Å². The lowest BCUT2D eigenvalue weighted by molar-refractivity contribution is 0.0885. The lowest BCUT2D eigenvalue weighted by Gasteiger charge is -2.34. The van der Waals surface area contributed by atoms with Crippen molar-refractivity contribution in [2.24, 2.45) is 11.8 Å². The lowest BCUT2D eigenvalue weighted by atomic mass is 9.78. The number of nitrogens with zero attached hydrogens (tertiary/aromatic N) is 2. The number of hydrogen-bond acceptors (Lipinski definition) is 4. The molecule has 1 aromatic rings. The number of nitrogens with one attached hydrogen (secondary N) is 2. The van der Waals surface area contributed by atoms with Crippen LogP contribution in [-0.4, -0.2) is 29.0 Å². The first-order chi connectivity index (χ1) is 9.11. The van der Waals surface area contributed by atoms with Gasteiger partial charge in [-0.1, -0.05) is 26.7 Å². The van der Waals surface area contributed by atoms with E-state index in [1.54, 1.807) is 13.2 Å². The van der Waals surface area contributed by atoms with Gasteiger partial charge in [0.05, 0.1) is 12.4 Å². The van der Waals surface area contributed by atoms with Gasteiger partial charge in [-0.3, -0.25) is 4.79 Å². The number of hydrogen-bond donors (Lipinski definition) is 2. The number of carbonyl (C=O) groups excluding carboxylic acids is 1. The van der Waals surface area contributed by atoms with Gasteiger partial charge in [-0.05, 0) is 18.3 Å². The van der Waals surface area contributed by atoms with Crippen molar-refractivity contribution in [1.29, 1.82) is 0 Å². The van der Waals surface area contributed by atoms with Gasteiger partial charge in [-0.25, -0.2) is 9.97 Å². The maximum absolute atomic E-state index is 12.1. The first kappa shape index (κ1) is 13.8. The summed E-state index contributed by atoms with van der Waals surface area (Å²) >= 11 is 0. The van der Waals surface area contributed by atoms with Crippen molar-refractivity contribution in [3.05, 3.63) is 18.1 Å². The Balaban J connectivity index is 1.99. The SMILES string of the molecule is CNc1cnc(C(=O)NC2CCCC(C)C2C)cn1. The second-order valence-corrected chi connectivity index (χ2v) is 5.38. The van der Waals surface area contributed by atoms with Gasteiger partial charge in [-0.15, -0.1) is 0 Å². The van der Waals surface area contributed by atoms with Gasteiger partial charge in [0.1, 0.15) is 11.5 Å². The molecule has 1 amide bonds. The molecule has 1 aliphatic rings. The van der Waals surface area contributed by atoms with Gasteiger partial charge in [0, 0.05) is 13.1 Å². The van der Waals surface area contributed by atoms with Crippen LogP contribution in [0.1, 0.15) is 43.6 Å². The lowest BCUT2D eigenvalue weighted by Crippen LogP contribution is -2.43. The van der Waals surface area contributed by atoms with Crippen molar-refractivity contribution >= 4 is 11.7 Å². The zero-order valence-corrected chi connectivity index (χ0v) is 11.8. The molecule has 0 bridgehead atoms. The van der Waals surface area contributed by atoms with Gasteiger partial charge in [0.25, 0.3) is 5.91 Å². The molecule has 2 N–H and O–H groups in total. The average Bonchev–Trinajstić information content (AvgIpc) is 2.44. The molecule has 2 rings (SSSR count). The second-order valence-electron chi connectivity index (χ2n) is 5.38. The minimum absolute atomic E-state index is 0.124. The number of amides is 1. The Morgan fingerprint density at radius 3 is 2.68 bits per heavy atom. The second kappa shape index (κ2) is 5.99. The number of anilines is 1. The summed E-state index contributed by atoms with van der Waals surface area (Å²) in [5, 5.41) is 5.97. The fourth-order valence-corrected chi connectivity index (χ4v) is 2.60. The first-order valence-electron chi connectivity index (χ1n) is 6.92. The average molecular weight is 262 g/mol. The molecule has 0 saturated heterocycles. The predicted octanol–water partition coefficient (Wildman–Crippen LogP) is 2.07. The van der Waals surface area contributed by atoms with Crippen LogP contribution in [0.2, 0.25) is 0 Å². The van der Waals surface area contributed by atoms with Gasteiger partial charge < -0.3 is 10.6 Å². The summed E-state index contributed by atoms with van der Waals surface area (Å²) in [4.78, 5) is 20.4. The van der Waals surface area contributed by atoms with E-state index in [4.69, 9.17) is 0 Å². The third-order valence-electron chi connectivity index (χ3n) is 4.16. The molecule has 0 spiro atoms. The Kier molecular flexibility index (Phi) is 4.35. The molecule has 3 unspecified atom stereocenters. The normalized spacial score (nSPS) is 26.8. The Labute approximate surface area is 114 Å². The molecule has 19 heavy (non-hydrogen) atoms. The Morgan fingerprint density at radius 1 is 1.26 bits per heavy atom. The molecule has 1 saturated carbocycles. The van der Waals surface area contributed by atoms with E-state index >= 15 is 0 Å². The highest BCUT2D eigenvalue weighted by molar-refractivity contribution is 5.92. The summed E-state index contributed by atoms with van der Waals surface area (Å²) < 4.78 is 0. The summed E-state index contributed by atoms with van der Waals surface area (Å²) in [5.41, 5.74) is 0.379. The van der Waals surface area contributed by atoms with Crippen LogP contribution < -0.4 is 10.6 Å². The topological polar surface area (TPSA) is 66.9 Å². The molecule has 1 heterocycles. The van der Waals surface area contributed by atoms with Crippen LogP contribution in [0.25, 0.3) is 0 Å². The summed E-state index contributed by atoms with van der Waals surface area (Å²) in [5.74, 6) is 1.72. The monoisotopic (exact) mass is 262 g/mol. The molecular weight excluding hydrogens is 240 g/mol. The van der Waals surface area contributed by atoms with Crippen molar-refractivity contribution in [3.8, 4) is 0 Å². The Morgan fingerprint density at radius 2 is 2.05 bits per heavy atom. The predicted molar refractivity (Wildman–Crippen MR) is 75.0 cm³/mol. The van der Waals surface area contributed by atoms with E-state index in [0.29, 0.717) is 23.3 Å². The Hall–Kier alpha value is -1.65. The smallest absolute Gasteiger partial charge is 0.271 e. The highest BCUT2D eigenvalue weighted by atomic mass is 16.1. The van der Waals surface area contributed by atoms with Crippen LogP contribution in [0.3, 0.4) is 0 Å². The Bertz CT molecular complexity index is 432. The van der Waals surface area contributed by atoms with Crippen LogP contribution in [0.15, 0.2) is 12.4 Å². The summed E-state index contributed by atoms with van der Waals surface area (Å²) in [6.07, 6.45) is 6.57. The van der Waals surface area contributed by atoms with E-state index in [1.807, 2.05) is 0 Å². The maximum Gasteiger partial charge on any atom is 0.271 e. The van der Waals surface area contributed by atoms with Gasteiger partial charge >= 0.3 is 0 Å². The molecule has 5 nitrogen and oxygen atoms in total. The van der Waals surface area contributed by atoms with Crippen molar-refractivity contribution in [3.63, 3.8) is 0 Å². The highest BCUT2D eigenvalue weighted by Crippen LogP contribution is 2.29. The van der Waals surface area contributed by atoms with E-state index in [2.05, 4.69) is 34.4 Å². The van der Waals surface area contributed by atoms with Crippen LogP contribution in [0.5, 0.6) is 0 Å². The van der Waals surface area contributed by atoms with Gasteiger partial charge in [0.15, 0.2) is 0 Å². The van der Waals surface area contributed by atoms with E-state index in [0.717, 1.165) is 6.42 Å². The quantitative estimate of drug-likeness (QED) is 0.875. The summed E-state index contributed by atoms with van der Waals surface area (Å²) in [6.45, 7) is 4.47. The van der Waals surface area contributed by atoms with Gasteiger partial charge in [0.2, 0.25) is 0 Å². The fraction of sp³-hybridized carbons (Fsp3) is 0.643. The van der Waals surface area contributed by atoms with Crippen LogP contribution in [0, 0.1) is 11.8 Å². The molecule has 0 radical (unpaired) electrons. The van der Waals surface area contributed by atoms with E-state index in [9.17, 15) is 4.79 Å². The molecule has 5 heteroatoms. The maximum atomic E-state index is 12.1. The van der Waals surface area contributed by atoms with Crippen molar-refractivity contribution in [2.75, 3.05) is 12.4 Å². The molecule has 3 atom stereocenters. The molecule has 1 fully saturated rings. The highest BCUT2D eigenvalue weighted by Gasteiger charge is 2.28. The number of aromatic nitrogens is 2. The number of rotatable bonds is 3. The van der Waals surface area contributed by atoms with E-state index in [-0.39, 0.29) is 11.9 Å². The fourth-order valence-electron chi connectivity index (χ4n) is 2.60. The van der Waals surface area contributed by atoms with Crippen molar-refractivity contribution in [1.82, 2.24) is 15.3 Å². The molecule has 104 valence electrons. The molecular formula is C14H22N4O. The molecule has 0 aromatic carbocycles. The summed E-state index contributed by atoms with van der Waals surface area (Å²) in [7, 11) is 1.77. The molecule has 1 aliphatic carbocycles. The molecule has 1 aromatic heterocycles. The van der Waals surface area contributed by atoms with Crippen LogP contribution >= 0.6 is 0 Å². The first-order valence-corrected chi connectivity index (χ1v) is 6.92. The standard InChI is InChI=1S/C14H22N4O/c1-9-5-4-6-11(10(9)2)18-14(19)12-7-17-13(15-3)8-16-12/h7-11H,4-6H2,1-3H3,(H,15,17)(H,18,19). The largest absolute Gasteiger partial charge is 0.372 e. The minimum Gasteiger partial charge on any atom is -0.372 e. The zero-order chi connectivity index (χ0) is 13.8. The third-order valence-corrected chi connectivity index (χ3v) is 4.16. The number of carbonyl (C=O) groups is 1. The molecule has 0 aliphatic heterocycles. The van der Waals surface area contributed by atoms with E-state index in [1.165, 1.54) is 19.0 Å².